The van der Waals surface area contributed by atoms with Gasteiger partial charge in [0.15, 0.2) is 0 Å². The van der Waals surface area contributed by atoms with Gasteiger partial charge < -0.3 is 10.1 Å². The van der Waals surface area contributed by atoms with Crippen molar-refractivity contribution in [3.8, 4) is 0 Å². The summed E-state index contributed by atoms with van der Waals surface area (Å²) >= 11 is 6.02. The van der Waals surface area contributed by atoms with Gasteiger partial charge in [-0.15, -0.1) is 11.6 Å². The Morgan fingerprint density at radius 1 is 1.33 bits per heavy atom. The second-order valence-electron chi connectivity index (χ2n) is 4.85. The lowest BCUT2D eigenvalue weighted by molar-refractivity contribution is 0.102. The number of rotatable bonds is 7. The minimum absolute atomic E-state index is 0.261. The highest BCUT2D eigenvalue weighted by Crippen LogP contribution is 2.17. The zero-order chi connectivity index (χ0) is 12.6. The molecule has 1 heterocycles. The molecule has 2 rings (SSSR count). The van der Waals surface area contributed by atoms with Crippen LogP contribution in [0.4, 0.5) is 0 Å². The molecule has 3 heteroatoms. The SMILES string of the molecule is ClCC(NCCCC1CCCO1)c1ccccc1. The molecule has 0 spiro atoms. The molecule has 0 aromatic heterocycles. The van der Waals surface area contributed by atoms with E-state index in [1.807, 2.05) is 6.07 Å². The van der Waals surface area contributed by atoms with Gasteiger partial charge in [-0.3, -0.25) is 0 Å². The lowest BCUT2D eigenvalue weighted by Gasteiger charge is -2.17. The van der Waals surface area contributed by atoms with Crippen molar-refractivity contribution >= 4 is 11.6 Å². The van der Waals surface area contributed by atoms with Crippen molar-refractivity contribution in [1.29, 1.82) is 0 Å². The van der Waals surface area contributed by atoms with E-state index < -0.39 is 0 Å². The molecular weight excluding hydrogens is 246 g/mol. The normalized spacial score (nSPS) is 21.1. The van der Waals surface area contributed by atoms with E-state index in [1.54, 1.807) is 0 Å². The second kappa shape index (κ2) is 7.78. The largest absolute Gasteiger partial charge is 0.378 e. The molecule has 1 aliphatic heterocycles. The summed E-state index contributed by atoms with van der Waals surface area (Å²) in [5, 5.41) is 3.52. The Kier molecular flexibility index (Phi) is 5.98. The Balaban J connectivity index is 1.67. The highest BCUT2D eigenvalue weighted by Gasteiger charge is 2.15. The summed E-state index contributed by atoms with van der Waals surface area (Å²) in [5.41, 5.74) is 1.27. The number of alkyl halides is 1. The fourth-order valence-electron chi connectivity index (χ4n) is 2.42. The Labute approximate surface area is 115 Å². The highest BCUT2D eigenvalue weighted by molar-refractivity contribution is 6.18. The predicted octanol–water partition coefficient (Wildman–Crippen LogP) is 3.52. The van der Waals surface area contributed by atoms with E-state index in [4.69, 9.17) is 16.3 Å². The topological polar surface area (TPSA) is 21.3 Å². The molecular formula is C15H22ClNO. The third-order valence-corrected chi connectivity index (χ3v) is 3.78. The Hall–Kier alpha value is -0.570. The van der Waals surface area contributed by atoms with E-state index in [0.29, 0.717) is 12.0 Å². The number of hydrogen-bond acceptors (Lipinski definition) is 2. The van der Waals surface area contributed by atoms with Crippen molar-refractivity contribution in [2.75, 3.05) is 19.0 Å². The van der Waals surface area contributed by atoms with Crippen LogP contribution in [0.2, 0.25) is 0 Å². The average Bonchev–Trinajstić information content (AvgIpc) is 2.93. The third kappa shape index (κ3) is 4.27. The molecule has 1 aliphatic rings. The van der Waals surface area contributed by atoms with Crippen LogP contribution in [0.25, 0.3) is 0 Å². The van der Waals surface area contributed by atoms with Crippen LogP contribution in [-0.2, 0) is 4.74 Å². The summed E-state index contributed by atoms with van der Waals surface area (Å²) in [7, 11) is 0. The molecule has 2 nitrogen and oxygen atoms in total. The maximum Gasteiger partial charge on any atom is 0.0576 e. The lowest BCUT2D eigenvalue weighted by atomic mass is 10.1. The van der Waals surface area contributed by atoms with Crippen molar-refractivity contribution in [2.24, 2.45) is 0 Å². The summed E-state index contributed by atoms with van der Waals surface area (Å²) in [4.78, 5) is 0. The molecule has 0 aliphatic carbocycles. The van der Waals surface area contributed by atoms with Crippen LogP contribution in [0, 0.1) is 0 Å². The number of nitrogens with one attached hydrogen (secondary N) is 1. The summed E-state index contributed by atoms with van der Waals surface area (Å²) < 4.78 is 5.62. The minimum Gasteiger partial charge on any atom is -0.378 e. The molecule has 100 valence electrons. The molecule has 1 aromatic rings. The predicted molar refractivity (Wildman–Crippen MR) is 76.1 cm³/mol. The molecule has 2 unspecified atom stereocenters. The molecule has 1 aromatic carbocycles. The molecule has 1 saturated heterocycles. The Morgan fingerprint density at radius 2 is 2.17 bits per heavy atom. The highest BCUT2D eigenvalue weighted by atomic mass is 35.5. The molecule has 1 N–H and O–H groups in total. The van der Waals surface area contributed by atoms with Crippen LogP contribution < -0.4 is 5.32 Å². The number of hydrogen-bond donors (Lipinski definition) is 1. The van der Waals surface area contributed by atoms with E-state index in [-0.39, 0.29) is 6.04 Å². The van der Waals surface area contributed by atoms with E-state index in [9.17, 15) is 0 Å². The minimum atomic E-state index is 0.261. The third-order valence-electron chi connectivity index (χ3n) is 3.47. The quantitative estimate of drug-likeness (QED) is 0.603. The Morgan fingerprint density at radius 3 is 2.83 bits per heavy atom. The van der Waals surface area contributed by atoms with Crippen LogP contribution in [0.15, 0.2) is 30.3 Å². The maximum atomic E-state index is 6.02. The lowest BCUT2D eigenvalue weighted by Crippen LogP contribution is -2.24. The van der Waals surface area contributed by atoms with Gasteiger partial charge in [-0.2, -0.15) is 0 Å². The average molecular weight is 268 g/mol. The van der Waals surface area contributed by atoms with E-state index in [0.717, 1.165) is 26.0 Å². The van der Waals surface area contributed by atoms with Gasteiger partial charge in [0.1, 0.15) is 0 Å². The van der Waals surface area contributed by atoms with Gasteiger partial charge in [0.2, 0.25) is 0 Å². The first-order chi connectivity index (χ1) is 8.90. The number of ether oxygens (including phenoxy) is 1. The molecule has 0 radical (unpaired) electrons. The first-order valence-corrected chi connectivity index (χ1v) is 7.39. The van der Waals surface area contributed by atoms with Gasteiger partial charge in [-0.1, -0.05) is 30.3 Å². The van der Waals surface area contributed by atoms with Gasteiger partial charge in [-0.25, -0.2) is 0 Å². The molecule has 2 atom stereocenters. The van der Waals surface area contributed by atoms with E-state index in [2.05, 4.69) is 29.6 Å². The van der Waals surface area contributed by atoms with Gasteiger partial charge in [0.25, 0.3) is 0 Å². The zero-order valence-corrected chi connectivity index (χ0v) is 11.5. The zero-order valence-electron chi connectivity index (χ0n) is 10.8. The first-order valence-electron chi connectivity index (χ1n) is 6.86. The van der Waals surface area contributed by atoms with Gasteiger partial charge in [0, 0.05) is 18.5 Å². The number of benzene rings is 1. The summed E-state index contributed by atoms with van der Waals surface area (Å²) in [6.07, 6.45) is 5.28. The molecule has 0 bridgehead atoms. The Bertz CT molecular complexity index is 325. The molecule has 18 heavy (non-hydrogen) atoms. The summed E-state index contributed by atoms with van der Waals surface area (Å²) in [6.45, 7) is 1.96. The summed E-state index contributed by atoms with van der Waals surface area (Å²) in [5.74, 6) is 0.615. The molecule has 0 amide bonds. The van der Waals surface area contributed by atoms with Crippen molar-refractivity contribution in [3.05, 3.63) is 35.9 Å². The van der Waals surface area contributed by atoms with Crippen LogP contribution in [0.5, 0.6) is 0 Å². The van der Waals surface area contributed by atoms with Crippen LogP contribution in [-0.4, -0.2) is 25.1 Å². The van der Waals surface area contributed by atoms with Gasteiger partial charge in [-0.05, 0) is 37.8 Å². The molecule has 0 saturated carbocycles. The maximum absolute atomic E-state index is 6.02. The monoisotopic (exact) mass is 267 g/mol. The van der Waals surface area contributed by atoms with Crippen molar-refractivity contribution in [1.82, 2.24) is 5.32 Å². The van der Waals surface area contributed by atoms with Crippen LogP contribution >= 0.6 is 11.6 Å². The second-order valence-corrected chi connectivity index (χ2v) is 5.16. The first kappa shape index (κ1) is 13.9. The van der Waals surface area contributed by atoms with Crippen LogP contribution in [0.3, 0.4) is 0 Å². The van der Waals surface area contributed by atoms with Crippen molar-refractivity contribution < 1.29 is 4.74 Å². The standard InChI is InChI=1S/C15H22ClNO/c16-12-15(13-6-2-1-3-7-13)17-10-4-8-14-9-5-11-18-14/h1-3,6-7,14-15,17H,4-5,8-12H2. The molecule has 1 fully saturated rings. The van der Waals surface area contributed by atoms with E-state index in [1.165, 1.54) is 18.4 Å². The smallest absolute Gasteiger partial charge is 0.0576 e. The van der Waals surface area contributed by atoms with Gasteiger partial charge >= 0.3 is 0 Å². The fraction of sp³-hybridized carbons (Fsp3) is 0.600. The van der Waals surface area contributed by atoms with E-state index >= 15 is 0 Å². The van der Waals surface area contributed by atoms with Gasteiger partial charge in [0.05, 0.1) is 6.10 Å². The van der Waals surface area contributed by atoms with Crippen molar-refractivity contribution in [2.45, 2.75) is 37.8 Å². The number of halogens is 1. The van der Waals surface area contributed by atoms with Crippen molar-refractivity contribution in [3.63, 3.8) is 0 Å². The fourth-order valence-corrected chi connectivity index (χ4v) is 2.71. The summed E-state index contributed by atoms with van der Waals surface area (Å²) in [6, 6.07) is 10.7. The van der Waals surface area contributed by atoms with Crippen LogP contribution in [0.1, 0.15) is 37.3 Å².